The van der Waals surface area contributed by atoms with E-state index in [-0.39, 0.29) is 0 Å². The third-order valence-electron chi connectivity index (χ3n) is 4.97. The van der Waals surface area contributed by atoms with E-state index in [2.05, 4.69) is 77.7 Å². The molecule has 5 rings (SSSR count). The van der Waals surface area contributed by atoms with Crippen molar-refractivity contribution in [2.24, 2.45) is 0 Å². The van der Waals surface area contributed by atoms with Crippen LogP contribution in [0.4, 0.5) is 0 Å². The van der Waals surface area contributed by atoms with Crippen LogP contribution in [0.3, 0.4) is 0 Å². The Hall–Kier alpha value is -0.860. The smallest absolute Gasteiger partial charge is 0.0989 e. The number of nitrogens with zero attached hydrogens (tertiary/aromatic N) is 2. The first-order chi connectivity index (χ1) is 13.5. The first-order valence-corrected chi connectivity index (χ1v) is 17.3. The van der Waals surface area contributed by atoms with Gasteiger partial charge in [0.25, 0.3) is 0 Å². The molecule has 2 aromatic carbocycles. The maximum Gasteiger partial charge on any atom is 0.0989 e. The van der Waals surface area contributed by atoms with E-state index in [1.807, 2.05) is 28.7 Å². The van der Waals surface area contributed by atoms with Crippen LogP contribution in [0.15, 0.2) is 43.2 Å². The van der Waals surface area contributed by atoms with Crippen molar-refractivity contribution in [1.29, 1.82) is 0 Å². The molecule has 3 heterocycles. The van der Waals surface area contributed by atoms with Crippen molar-refractivity contribution >= 4 is 101 Å². The third-order valence-corrected chi connectivity index (χ3v) is 13.6. The molecule has 0 saturated carbocycles. The molecule has 0 aliphatic carbocycles. The van der Waals surface area contributed by atoms with Gasteiger partial charge in [0.15, 0.2) is 0 Å². The predicted octanol–water partition coefficient (Wildman–Crippen LogP) is 8.08. The molecule has 0 N–H and O–H groups in total. The molecule has 2 nitrogen and oxygen atoms in total. The Morgan fingerprint density at radius 2 is 1.17 bits per heavy atom. The summed E-state index contributed by atoms with van der Waals surface area (Å²) in [6.45, 7) is 0. The molecular weight excluding hydrogens is 500 g/mol. The SMILES string of the molecule is CS(C)(C)c1cc2c3nc4ccc(Br)cc4nc3c3cc(S(C)(C)C)sc3c2s1. The lowest BCUT2D eigenvalue weighted by Crippen LogP contribution is -1.90. The van der Waals surface area contributed by atoms with Gasteiger partial charge in [0.2, 0.25) is 0 Å². The molecular formula is C22H23BrN2S4. The van der Waals surface area contributed by atoms with Gasteiger partial charge in [0, 0.05) is 23.7 Å². The van der Waals surface area contributed by atoms with Gasteiger partial charge < -0.3 is 0 Å². The zero-order chi connectivity index (χ0) is 20.7. The minimum absolute atomic E-state index is 0.798. The monoisotopic (exact) mass is 522 g/mol. The number of hydrogen-bond acceptors (Lipinski definition) is 4. The van der Waals surface area contributed by atoms with E-state index in [4.69, 9.17) is 9.97 Å². The average molecular weight is 524 g/mol. The van der Waals surface area contributed by atoms with Gasteiger partial charge in [-0.25, -0.2) is 30.0 Å². The highest BCUT2D eigenvalue weighted by molar-refractivity contribution is 9.10. The van der Waals surface area contributed by atoms with Crippen LogP contribution in [0.1, 0.15) is 0 Å². The molecule has 152 valence electrons. The molecule has 0 fully saturated rings. The number of rotatable bonds is 2. The Morgan fingerprint density at radius 1 is 0.690 bits per heavy atom. The summed E-state index contributed by atoms with van der Waals surface area (Å²) in [5, 5.41) is 2.53. The summed E-state index contributed by atoms with van der Waals surface area (Å²) in [5.74, 6) is 0. The van der Waals surface area contributed by atoms with Gasteiger partial charge in [-0.1, -0.05) is 15.9 Å². The number of fused-ring (bicyclic) bond motifs is 7. The lowest BCUT2D eigenvalue weighted by atomic mass is 10.1. The number of halogens is 1. The van der Waals surface area contributed by atoms with Gasteiger partial charge >= 0.3 is 0 Å². The van der Waals surface area contributed by atoms with Gasteiger partial charge in [-0.2, -0.15) is 0 Å². The van der Waals surface area contributed by atoms with Gasteiger partial charge in [-0.05, 0) is 67.9 Å². The first-order valence-electron chi connectivity index (χ1n) is 9.15. The fraction of sp³-hybridized carbons (Fsp3) is 0.273. The van der Waals surface area contributed by atoms with Gasteiger partial charge in [-0.3, -0.25) is 0 Å². The minimum atomic E-state index is -0.800. The Morgan fingerprint density at radius 3 is 1.66 bits per heavy atom. The van der Waals surface area contributed by atoms with E-state index in [0.29, 0.717) is 0 Å². The molecule has 29 heavy (non-hydrogen) atoms. The highest BCUT2D eigenvalue weighted by Crippen LogP contribution is 2.56. The summed E-state index contributed by atoms with van der Waals surface area (Å²) >= 11 is 7.51. The van der Waals surface area contributed by atoms with Crippen molar-refractivity contribution in [2.75, 3.05) is 37.5 Å². The Labute approximate surface area is 190 Å². The normalized spacial score (nSPS) is 14.4. The van der Waals surface area contributed by atoms with Crippen LogP contribution >= 0.6 is 58.7 Å². The largest absolute Gasteiger partial charge is 0.244 e. The van der Waals surface area contributed by atoms with Crippen LogP contribution in [0, 0.1) is 0 Å². The molecule has 5 aromatic rings. The van der Waals surface area contributed by atoms with E-state index in [1.54, 1.807) is 0 Å². The molecule has 7 heteroatoms. The number of thiophene rings is 2. The standard InChI is InChI=1S/C22H23BrN2S4/c1-28(2,3)17-10-13-19-20(25-16-9-12(23)7-8-15(16)24-19)14-11-18(29(4,5)6)27-22(14)21(13)26-17/h7-11H,1-6H3. The second kappa shape index (κ2) is 6.57. The van der Waals surface area contributed by atoms with Crippen LogP contribution in [-0.4, -0.2) is 47.5 Å². The second-order valence-corrected chi connectivity index (χ2v) is 20.6. The third kappa shape index (κ3) is 3.30. The van der Waals surface area contributed by atoms with Gasteiger partial charge in [0.1, 0.15) is 0 Å². The first kappa shape index (κ1) is 20.1. The molecule has 0 spiro atoms. The van der Waals surface area contributed by atoms with Crippen molar-refractivity contribution in [3.05, 3.63) is 34.8 Å². The lowest BCUT2D eigenvalue weighted by molar-refractivity contribution is 1.41. The Balaban J connectivity index is 2.02. The van der Waals surface area contributed by atoms with E-state index in [9.17, 15) is 0 Å². The zero-order valence-corrected chi connectivity index (χ0v) is 22.1. The van der Waals surface area contributed by atoms with Crippen molar-refractivity contribution < 1.29 is 0 Å². The fourth-order valence-corrected chi connectivity index (χ4v) is 9.17. The van der Waals surface area contributed by atoms with Crippen LogP contribution in [0.25, 0.3) is 42.2 Å². The summed E-state index contributed by atoms with van der Waals surface area (Å²) in [4.78, 5) is 10.2. The molecule has 0 saturated heterocycles. The van der Waals surface area contributed by atoms with E-state index in [1.165, 1.54) is 28.6 Å². The van der Waals surface area contributed by atoms with Crippen LogP contribution < -0.4 is 0 Å². The molecule has 3 aromatic heterocycles. The summed E-state index contributed by atoms with van der Waals surface area (Å²) in [7, 11) is -1.60. The molecule has 0 bridgehead atoms. The molecule has 0 radical (unpaired) electrons. The van der Waals surface area contributed by atoms with Gasteiger partial charge in [0.05, 0.1) is 31.5 Å². The molecule has 0 atom stereocenters. The van der Waals surface area contributed by atoms with Crippen molar-refractivity contribution in [1.82, 2.24) is 9.97 Å². The summed E-state index contributed by atoms with van der Waals surface area (Å²) < 4.78 is 6.77. The minimum Gasteiger partial charge on any atom is -0.244 e. The quantitative estimate of drug-likeness (QED) is 0.219. The fourth-order valence-electron chi connectivity index (χ4n) is 3.43. The summed E-state index contributed by atoms with van der Waals surface area (Å²) in [6.07, 6.45) is 14.2. The number of benzene rings is 2. The highest BCUT2D eigenvalue weighted by Gasteiger charge is 2.22. The predicted molar refractivity (Wildman–Crippen MR) is 143 cm³/mol. The van der Waals surface area contributed by atoms with Crippen LogP contribution in [0.2, 0.25) is 0 Å². The number of aromatic nitrogens is 2. The summed E-state index contributed by atoms with van der Waals surface area (Å²) in [5.41, 5.74) is 3.98. The Kier molecular flexibility index (Phi) is 4.54. The van der Waals surface area contributed by atoms with Crippen molar-refractivity contribution in [3.63, 3.8) is 0 Å². The second-order valence-electron chi connectivity index (χ2n) is 8.84. The van der Waals surface area contributed by atoms with Crippen LogP contribution in [-0.2, 0) is 0 Å². The van der Waals surface area contributed by atoms with E-state index in [0.717, 1.165) is 26.5 Å². The molecule has 0 aliphatic heterocycles. The van der Waals surface area contributed by atoms with Crippen molar-refractivity contribution in [2.45, 2.75) is 8.42 Å². The average Bonchev–Trinajstić information content (AvgIpc) is 3.24. The van der Waals surface area contributed by atoms with Crippen molar-refractivity contribution in [3.8, 4) is 0 Å². The number of hydrogen-bond donors (Lipinski definition) is 0. The highest BCUT2D eigenvalue weighted by atomic mass is 79.9. The van der Waals surface area contributed by atoms with E-state index >= 15 is 0 Å². The Bertz CT molecular complexity index is 1430. The maximum absolute atomic E-state index is 5.12. The van der Waals surface area contributed by atoms with Crippen LogP contribution in [0.5, 0.6) is 0 Å². The lowest BCUT2D eigenvalue weighted by Gasteiger charge is -2.22. The van der Waals surface area contributed by atoms with Gasteiger partial charge in [-0.15, -0.1) is 22.7 Å². The maximum atomic E-state index is 5.12. The topological polar surface area (TPSA) is 25.8 Å². The molecule has 0 unspecified atom stereocenters. The van der Waals surface area contributed by atoms with E-state index < -0.39 is 20.1 Å². The summed E-state index contributed by atoms with van der Waals surface area (Å²) in [6, 6.07) is 10.9. The molecule has 0 amide bonds. The zero-order valence-electron chi connectivity index (χ0n) is 17.3. The molecule has 0 aliphatic rings.